The third-order valence-electron chi connectivity index (χ3n) is 7.19. The molecule has 213 valence electrons. The molecule has 4 aliphatic heterocycles. The number of nitrogens with zero attached hydrogens (tertiary/aromatic N) is 2. The second-order valence-corrected chi connectivity index (χ2v) is 56.6. The molecule has 1 N–H and O–H groups in total. The average molecular weight is 1140 g/mol. The zero-order valence-corrected chi connectivity index (χ0v) is 35.1. The number of piperidine rings is 2. The third kappa shape index (κ3) is 19.5. The molecule has 0 aromatic carbocycles. The molecule has 4 rings (SSSR count). The second kappa shape index (κ2) is 26.3. The molecule has 0 amide bonds. The summed E-state index contributed by atoms with van der Waals surface area (Å²) in [6.07, 6.45) is 14.3. The molecule has 0 spiro atoms. The molecule has 35 heavy (non-hydrogen) atoms. The predicted molar refractivity (Wildman–Crippen MR) is 191 cm³/mol. The molecule has 4 bridgehead atoms. The van der Waals surface area contributed by atoms with Crippen LogP contribution in [0.25, 0.3) is 0 Å². The van der Waals surface area contributed by atoms with E-state index in [0.29, 0.717) is 27.7 Å². The standard InChI is InChI=1S/C11H21NO.C8H15NO.C4H10.CH4.5HI.2V/c1-3-6-13-11-7-9-4-5-10(8-11)12(9)2;1-9-6-2-3-7(9)5-8(10)4-6;1-3-4-2;;;;;;;;/h9-11H,3-8H2,1-2H3;6-8,10H,2-5H2,1H3;3-4H2,1-2H3;1H4;5*1H;;/q;;;;;;;;;+2;+3/p-5. The summed E-state index contributed by atoms with van der Waals surface area (Å²) < 4.78 is 5.83. The number of aliphatic hydroxyl groups is 1. The first-order valence-electron chi connectivity index (χ1n) is 12.6. The van der Waals surface area contributed by atoms with E-state index >= 15 is 0 Å². The quantitative estimate of drug-likeness (QED) is 0.285. The van der Waals surface area contributed by atoms with Gasteiger partial charge in [0.15, 0.2) is 0 Å². The molecule has 0 aromatic rings. The summed E-state index contributed by atoms with van der Waals surface area (Å²) in [7, 11) is 5.09. The Balaban J connectivity index is 0. The fraction of sp³-hybridized carbons (Fsp3) is 1.00. The van der Waals surface area contributed by atoms with Gasteiger partial charge in [0, 0.05) is 30.8 Å². The van der Waals surface area contributed by atoms with Crippen molar-refractivity contribution < 1.29 is 24.2 Å². The Hall–Kier alpha value is 4.66. The number of hydrogen-bond donors (Lipinski definition) is 1. The molecule has 4 nitrogen and oxygen atoms in total. The summed E-state index contributed by atoms with van der Waals surface area (Å²) in [6, 6.07) is 3.02. The SMILES string of the molecule is C.CCCC.CCCOC1CC2CCC(C1)N2C.CN1C2CCC1CC(O)C2.[I][V]([I])[I].[I][V][I]. The van der Waals surface area contributed by atoms with Crippen molar-refractivity contribution >= 4 is 99.9 Å². The van der Waals surface area contributed by atoms with Crippen LogP contribution in [0, 0.1) is 0 Å². The summed E-state index contributed by atoms with van der Waals surface area (Å²) in [5, 5.41) is 9.38. The Morgan fingerprint density at radius 2 is 1.09 bits per heavy atom. The zero-order chi connectivity index (χ0) is 26.1. The minimum atomic E-state index is -0.278. The Kier molecular flexibility index (Phi) is 31.4. The van der Waals surface area contributed by atoms with Crippen LogP contribution in [0.4, 0.5) is 0 Å². The van der Waals surface area contributed by atoms with Crippen molar-refractivity contribution in [2.24, 2.45) is 0 Å². The molecular formula is C24H50I5N2O2V2. The van der Waals surface area contributed by atoms with E-state index in [4.69, 9.17) is 4.74 Å². The van der Waals surface area contributed by atoms with Crippen LogP contribution in [-0.4, -0.2) is 72.0 Å². The maximum absolute atomic E-state index is 9.38. The van der Waals surface area contributed by atoms with Gasteiger partial charge in [0.2, 0.25) is 0 Å². The van der Waals surface area contributed by atoms with Gasteiger partial charge < -0.3 is 19.6 Å². The van der Waals surface area contributed by atoms with Gasteiger partial charge in [-0.05, 0) is 71.9 Å². The van der Waals surface area contributed by atoms with Crippen molar-refractivity contribution in [2.75, 3.05) is 20.7 Å². The monoisotopic (exact) mass is 1130 g/mol. The number of hydrogen-bond acceptors (Lipinski definition) is 4. The second-order valence-electron chi connectivity index (χ2n) is 9.45. The van der Waals surface area contributed by atoms with E-state index in [1.165, 1.54) is 51.4 Å². The van der Waals surface area contributed by atoms with Crippen molar-refractivity contribution in [2.45, 2.75) is 135 Å². The first-order chi connectivity index (χ1) is 16.1. The van der Waals surface area contributed by atoms with Crippen LogP contribution in [0.5, 0.6) is 0 Å². The van der Waals surface area contributed by atoms with Crippen LogP contribution in [0.1, 0.15) is 98.8 Å². The predicted octanol–water partition coefficient (Wildman–Crippen LogP) is 9.51. The number of aliphatic hydroxyl groups excluding tert-OH is 1. The zero-order valence-electron chi connectivity index (χ0n) is 21.5. The van der Waals surface area contributed by atoms with Crippen LogP contribution in [0.3, 0.4) is 0 Å². The molecule has 0 saturated carbocycles. The van der Waals surface area contributed by atoms with E-state index in [0.717, 1.165) is 38.0 Å². The van der Waals surface area contributed by atoms with Crippen LogP contribution < -0.4 is 0 Å². The number of unbranched alkanes of at least 4 members (excludes halogenated alkanes) is 1. The summed E-state index contributed by atoms with van der Waals surface area (Å²) in [6.45, 7) is 7.50. The first-order valence-corrected chi connectivity index (χ1v) is 35.1. The minimum absolute atomic E-state index is 0. The van der Waals surface area contributed by atoms with Crippen molar-refractivity contribution in [3.63, 3.8) is 0 Å². The van der Waals surface area contributed by atoms with Gasteiger partial charge in [0.1, 0.15) is 0 Å². The van der Waals surface area contributed by atoms with Gasteiger partial charge in [-0.25, -0.2) is 0 Å². The van der Waals surface area contributed by atoms with Crippen LogP contribution >= 0.6 is 99.9 Å². The van der Waals surface area contributed by atoms with Crippen molar-refractivity contribution in [1.82, 2.24) is 9.80 Å². The van der Waals surface area contributed by atoms with Gasteiger partial charge in [-0.3, -0.25) is 0 Å². The first kappa shape index (κ1) is 41.8. The molecule has 4 unspecified atom stereocenters. The molecule has 0 aliphatic carbocycles. The van der Waals surface area contributed by atoms with E-state index in [1.54, 1.807) is 0 Å². The van der Waals surface area contributed by atoms with Gasteiger partial charge in [0.25, 0.3) is 0 Å². The number of halogens is 5. The Labute approximate surface area is 285 Å². The third-order valence-corrected chi connectivity index (χ3v) is 7.19. The van der Waals surface area contributed by atoms with Crippen LogP contribution in [-0.2, 0) is 19.1 Å². The summed E-state index contributed by atoms with van der Waals surface area (Å²) in [5.74, 6) is 0. The maximum atomic E-state index is 9.38. The molecule has 4 heterocycles. The van der Waals surface area contributed by atoms with E-state index in [2.05, 4.69) is 145 Å². The summed E-state index contributed by atoms with van der Waals surface area (Å²) >= 11 is 12.1. The molecule has 4 atom stereocenters. The number of rotatable bonds is 4. The van der Waals surface area contributed by atoms with Crippen LogP contribution in [0.15, 0.2) is 0 Å². The molecule has 0 aromatic heterocycles. The topological polar surface area (TPSA) is 35.9 Å². The molecule has 0 radical (unpaired) electrons. The van der Waals surface area contributed by atoms with Crippen molar-refractivity contribution in [1.29, 1.82) is 0 Å². The van der Waals surface area contributed by atoms with Gasteiger partial charge in [-0.2, -0.15) is 0 Å². The average Bonchev–Trinajstić information content (AvgIpc) is 3.11. The fourth-order valence-electron chi connectivity index (χ4n) is 5.16. The van der Waals surface area contributed by atoms with E-state index in [9.17, 15) is 5.11 Å². The Morgan fingerprint density at radius 3 is 1.37 bits per heavy atom. The summed E-state index contributed by atoms with van der Waals surface area (Å²) in [4.78, 5) is 4.72. The molecule has 4 aliphatic rings. The Bertz CT molecular complexity index is 456. The number of ether oxygens (including phenoxy) is 1. The molecular weight excluding hydrogens is 1080 g/mol. The Morgan fingerprint density at radius 1 is 0.771 bits per heavy atom. The molecule has 11 heteroatoms. The van der Waals surface area contributed by atoms with E-state index in [-0.39, 0.29) is 18.5 Å². The van der Waals surface area contributed by atoms with Crippen molar-refractivity contribution in [3.05, 3.63) is 0 Å². The van der Waals surface area contributed by atoms with Crippen molar-refractivity contribution in [3.8, 4) is 0 Å². The van der Waals surface area contributed by atoms with E-state index < -0.39 is 0 Å². The number of fused-ring (bicyclic) bond motifs is 4. The van der Waals surface area contributed by atoms with Gasteiger partial charge >= 0.3 is 114 Å². The van der Waals surface area contributed by atoms with Gasteiger partial charge in [-0.15, -0.1) is 0 Å². The normalized spacial score (nSPS) is 30.7. The van der Waals surface area contributed by atoms with Gasteiger partial charge in [-0.1, -0.05) is 41.0 Å². The van der Waals surface area contributed by atoms with Crippen LogP contribution in [0.2, 0.25) is 0 Å². The molecule has 4 fully saturated rings. The van der Waals surface area contributed by atoms with Gasteiger partial charge in [0.05, 0.1) is 12.2 Å². The fourth-order valence-corrected chi connectivity index (χ4v) is 5.16. The molecule has 4 saturated heterocycles. The summed E-state index contributed by atoms with van der Waals surface area (Å²) in [5.41, 5.74) is 0. The van der Waals surface area contributed by atoms with E-state index in [1.807, 2.05) is 0 Å².